The zero-order valence-electron chi connectivity index (χ0n) is 12.0. The summed E-state index contributed by atoms with van der Waals surface area (Å²) in [6.07, 6.45) is 2.33. The highest BCUT2D eigenvalue weighted by Gasteiger charge is 2.63. The molecule has 0 aromatic heterocycles. The van der Waals surface area contributed by atoms with Gasteiger partial charge >= 0.3 is 0 Å². The van der Waals surface area contributed by atoms with Crippen LogP contribution in [0.15, 0.2) is 23.0 Å². The predicted molar refractivity (Wildman–Crippen MR) is 85.7 cm³/mol. The molecule has 3 aliphatic rings. The summed E-state index contributed by atoms with van der Waals surface area (Å²) in [7, 11) is -2.92. The summed E-state index contributed by atoms with van der Waals surface area (Å²) in [5.41, 5.74) is 3.88. The van der Waals surface area contributed by atoms with Crippen LogP contribution in [0.4, 0.5) is 0 Å². The Kier molecular flexibility index (Phi) is 3.55. The fourth-order valence-corrected chi connectivity index (χ4v) is 13.2. The van der Waals surface area contributed by atoms with E-state index >= 15 is 0 Å². The summed E-state index contributed by atoms with van der Waals surface area (Å²) >= 11 is 6.70. The average molecular weight is 318 g/mol. The monoisotopic (exact) mass is 317 g/mol. The second-order valence-electron chi connectivity index (χ2n) is 5.89. The Morgan fingerprint density at radius 3 is 2.53 bits per heavy atom. The van der Waals surface area contributed by atoms with Crippen molar-refractivity contribution in [3.8, 4) is 0 Å². The summed E-state index contributed by atoms with van der Waals surface area (Å²) in [5.74, 6) is 2.56. The van der Waals surface area contributed by atoms with Gasteiger partial charge in [0.15, 0.2) is 7.29 Å². The standard InChI is InChI=1S/C14H22ClNOP2/c1-5-16(6-2)19(17)8-10(4)12-13-9(3)7-11(14(12)19)18(13)15/h7-8,11-14H,5-6H2,1-4H3/t11-,12-,13+,14+,18?,19?/m0/s1. The molecule has 3 heterocycles. The first-order valence-corrected chi connectivity index (χ1v) is 11.3. The van der Waals surface area contributed by atoms with Crippen LogP contribution in [0.3, 0.4) is 0 Å². The van der Waals surface area contributed by atoms with Gasteiger partial charge in [-0.1, -0.05) is 42.3 Å². The molecule has 0 spiro atoms. The number of rotatable bonds is 3. The Hall–Kier alpha value is 0.390. The lowest BCUT2D eigenvalue weighted by molar-refractivity contribution is 0.433. The molecular weight excluding hydrogens is 296 g/mol. The number of hydrogen-bond acceptors (Lipinski definition) is 1. The third kappa shape index (κ3) is 1.73. The SMILES string of the molecule is CCN(CC)P1(=O)C=C(C)[C@@H]2[C@H]1[C@@H]1C=C(C)[C@H]2P1Cl. The van der Waals surface area contributed by atoms with Crippen molar-refractivity contribution in [3.63, 3.8) is 0 Å². The minimum Gasteiger partial charge on any atom is -0.302 e. The zero-order chi connectivity index (χ0) is 13.9. The van der Waals surface area contributed by atoms with Crippen LogP contribution >= 0.6 is 25.8 Å². The van der Waals surface area contributed by atoms with Gasteiger partial charge in [0.05, 0.1) is 0 Å². The number of allylic oxidation sites excluding steroid dienone is 3. The molecule has 2 bridgehead atoms. The number of hydrogen-bond donors (Lipinski definition) is 0. The summed E-state index contributed by atoms with van der Waals surface area (Å²) in [6, 6.07) is 0. The van der Waals surface area contributed by atoms with E-state index in [0.29, 0.717) is 17.2 Å². The molecule has 19 heavy (non-hydrogen) atoms. The van der Waals surface area contributed by atoms with Gasteiger partial charge < -0.3 is 4.57 Å². The van der Waals surface area contributed by atoms with E-state index in [-0.39, 0.29) is 5.66 Å². The molecule has 2 nitrogen and oxygen atoms in total. The Bertz CT molecular complexity index is 512. The van der Waals surface area contributed by atoms with E-state index in [1.54, 1.807) is 0 Å². The first kappa shape index (κ1) is 14.3. The van der Waals surface area contributed by atoms with Crippen molar-refractivity contribution in [1.29, 1.82) is 0 Å². The molecule has 0 radical (unpaired) electrons. The highest BCUT2D eigenvalue weighted by atomic mass is 35.7. The van der Waals surface area contributed by atoms with Gasteiger partial charge in [-0.2, -0.15) is 0 Å². The van der Waals surface area contributed by atoms with Gasteiger partial charge in [0, 0.05) is 43.3 Å². The molecule has 3 aliphatic heterocycles. The molecule has 3 rings (SSSR count). The second kappa shape index (κ2) is 4.70. The fraction of sp³-hybridized carbons (Fsp3) is 0.714. The van der Waals surface area contributed by atoms with Crippen LogP contribution in [0.1, 0.15) is 27.7 Å². The summed E-state index contributed by atoms with van der Waals surface area (Å²) in [4.78, 5) is 0. The molecule has 0 aliphatic carbocycles. The number of halogens is 1. The molecule has 5 heteroatoms. The predicted octanol–water partition coefficient (Wildman–Crippen LogP) is 4.85. The van der Waals surface area contributed by atoms with Crippen molar-refractivity contribution >= 4 is 25.8 Å². The molecule has 1 saturated heterocycles. The Labute approximate surface area is 122 Å². The smallest absolute Gasteiger partial charge is 0.176 e. The number of fused-ring (bicyclic) bond motifs is 5. The molecule has 0 N–H and O–H groups in total. The van der Waals surface area contributed by atoms with Crippen LogP contribution in [-0.2, 0) is 4.57 Å². The molecule has 0 aromatic rings. The highest BCUT2D eigenvalue weighted by Crippen LogP contribution is 2.80. The van der Waals surface area contributed by atoms with E-state index < -0.39 is 14.6 Å². The van der Waals surface area contributed by atoms with Crippen molar-refractivity contribution in [3.05, 3.63) is 23.0 Å². The van der Waals surface area contributed by atoms with E-state index in [9.17, 15) is 4.57 Å². The van der Waals surface area contributed by atoms with Crippen LogP contribution in [-0.4, -0.2) is 34.7 Å². The normalized spacial score (nSPS) is 47.6. The Balaban J connectivity index is 2.07. The van der Waals surface area contributed by atoms with Crippen molar-refractivity contribution in [2.24, 2.45) is 5.92 Å². The number of nitrogens with zero attached hydrogens (tertiary/aromatic N) is 1. The van der Waals surface area contributed by atoms with E-state index in [1.165, 1.54) is 11.1 Å². The van der Waals surface area contributed by atoms with Gasteiger partial charge in [-0.3, -0.25) is 4.67 Å². The summed E-state index contributed by atoms with van der Waals surface area (Å²) < 4.78 is 15.8. The molecule has 0 saturated carbocycles. The first-order valence-electron chi connectivity index (χ1n) is 7.12. The van der Waals surface area contributed by atoms with Crippen LogP contribution in [0, 0.1) is 5.92 Å². The van der Waals surface area contributed by atoms with Gasteiger partial charge in [0.2, 0.25) is 0 Å². The fourth-order valence-electron chi connectivity index (χ4n) is 4.27. The highest BCUT2D eigenvalue weighted by molar-refractivity contribution is 7.87. The lowest BCUT2D eigenvalue weighted by Gasteiger charge is -2.34. The van der Waals surface area contributed by atoms with Crippen molar-refractivity contribution in [2.45, 2.75) is 44.7 Å². The zero-order valence-corrected chi connectivity index (χ0v) is 14.6. The lowest BCUT2D eigenvalue weighted by Crippen LogP contribution is -2.33. The Morgan fingerprint density at radius 2 is 1.95 bits per heavy atom. The molecule has 2 unspecified atom stereocenters. The third-order valence-electron chi connectivity index (χ3n) is 5.02. The molecule has 0 aromatic carbocycles. The van der Waals surface area contributed by atoms with Gasteiger partial charge in [-0.15, -0.1) is 0 Å². The minimum atomic E-state index is -2.39. The van der Waals surface area contributed by atoms with E-state index in [1.807, 2.05) is 0 Å². The minimum absolute atomic E-state index is 0.268. The first-order chi connectivity index (χ1) is 8.95. The van der Waals surface area contributed by atoms with Crippen LogP contribution in [0.25, 0.3) is 0 Å². The van der Waals surface area contributed by atoms with Crippen molar-refractivity contribution in [2.75, 3.05) is 13.1 Å². The van der Waals surface area contributed by atoms with Gasteiger partial charge in [-0.25, -0.2) is 0 Å². The largest absolute Gasteiger partial charge is 0.302 e. The molecule has 0 amide bonds. The maximum atomic E-state index is 13.6. The molecule has 1 fully saturated rings. The topological polar surface area (TPSA) is 20.3 Å². The van der Waals surface area contributed by atoms with Crippen LogP contribution in [0.5, 0.6) is 0 Å². The van der Waals surface area contributed by atoms with Gasteiger partial charge in [0.1, 0.15) is 0 Å². The molecule has 6 atom stereocenters. The van der Waals surface area contributed by atoms with Crippen LogP contribution < -0.4 is 0 Å². The lowest BCUT2D eigenvalue weighted by atomic mass is 9.85. The van der Waals surface area contributed by atoms with E-state index in [2.05, 4.69) is 44.3 Å². The van der Waals surface area contributed by atoms with Crippen molar-refractivity contribution < 1.29 is 4.57 Å². The van der Waals surface area contributed by atoms with E-state index in [0.717, 1.165) is 13.1 Å². The maximum absolute atomic E-state index is 13.6. The average Bonchev–Trinajstić information content (AvgIpc) is 2.89. The third-order valence-corrected chi connectivity index (χ3v) is 12.6. The quantitative estimate of drug-likeness (QED) is 0.547. The summed E-state index contributed by atoms with van der Waals surface area (Å²) in [5, 5.41) is 0. The van der Waals surface area contributed by atoms with Crippen molar-refractivity contribution in [1.82, 2.24) is 4.67 Å². The van der Waals surface area contributed by atoms with Gasteiger partial charge in [0.25, 0.3) is 0 Å². The molecular formula is C14H22ClNOP2. The molecule has 106 valence electrons. The van der Waals surface area contributed by atoms with E-state index in [4.69, 9.17) is 11.2 Å². The summed E-state index contributed by atoms with van der Waals surface area (Å²) in [6.45, 7) is 10.3. The maximum Gasteiger partial charge on any atom is 0.176 e. The van der Waals surface area contributed by atoms with Gasteiger partial charge in [-0.05, 0) is 19.7 Å². The Morgan fingerprint density at radius 1 is 1.32 bits per heavy atom. The van der Waals surface area contributed by atoms with Crippen LogP contribution in [0.2, 0.25) is 0 Å². The second-order valence-corrected chi connectivity index (χ2v) is 11.7.